The quantitative estimate of drug-likeness (QED) is 0.761. The Morgan fingerprint density at radius 1 is 1.24 bits per heavy atom. The largest absolute Gasteiger partial charge is 0.418 e. The number of hydrogen-bond donors (Lipinski definition) is 1. The molecule has 21 heavy (non-hydrogen) atoms. The number of anilines is 1. The van der Waals surface area contributed by atoms with Crippen LogP contribution in [-0.2, 0) is 16.2 Å². The Morgan fingerprint density at radius 2 is 1.86 bits per heavy atom. The summed E-state index contributed by atoms with van der Waals surface area (Å²) >= 11 is 9.60. The van der Waals surface area contributed by atoms with Gasteiger partial charge in [0.05, 0.1) is 20.1 Å². The van der Waals surface area contributed by atoms with Crippen molar-refractivity contribution in [1.82, 2.24) is 0 Å². The zero-order valence-corrected chi connectivity index (χ0v) is 13.9. The fourth-order valence-electron chi connectivity index (χ4n) is 1.47. The maximum Gasteiger partial charge on any atom is 0.418 e. The minimum absolute atomic E-state index is 0.171. The van der Waals surface area contributed by atoms with Crippen molar-refractivity contribution in [3.05, 3.63) is 44.7 Å². The topological polar surface area (TPSA) is 46.2 Å². The fraction of sp³-hybridized carbons (Fsp3) is 0.0909. The molecular weight excluding hydrogens is 415 g/mol. The minimum atomic E-state index is -4.66. The zero-order chi connectivity index (χ0) is 15.8. The van der Waals surface area contributed by atoms with E-state index in [-0.39, 0.29) is 9.23 Å². The Bertz CT molecular complexity index is 755. The van der Waals surface area contributed by atoms with Crippen LogP contribution in [0.3, 0.4) is 0 Å². The summed E-state index contributed by atoms with van der Waals surface area (Å²) in [6.07, 6.45) is -4.66. The lowest BCUT2D eigenvalue weighted by Crippen LogP contribution is -2.16. The molecule has 0 radical (unpaired) electrons. The van der Waals surface area contributed by atoms with Gasteiger partial charge in [-0.2, -0.15) is 13.2 Å². The smallest absolute Gasteiger partial charge is 0.278 e. The van der Waals surface area contributed by atoms with Crippen LogP contribution in [0.1, 0.15) is 5.56 Å². The molecule has 3 nitrogen and oxygen atoms in total. The van der Waals surface area contributed by atoms with Crippen LogP contribution >= 0.6 is 38.9 Å². The molecule has 0 saturated carbocycles. The van der Waals surface area contributed by atoms with Crippen molar-refractivity contribution < 1.29 is 21.6 Å². The molecule has 0 amide bonds. The highest BCUT2D eigenvalue weighted by atomic mass is 79.9. The molecule has 0 bridgehead atoms. The van der Waals surface area contributed by atoms with Gasteiger partial charge in [-0.15, -0.1) is 11.3 Å². The van der Waals surface area contributed by atoms with Gasteiger partial charge in [0.2, 0.25) is 0 Å². The second kappa shape index (κ2) is 5.79. The molecule has 0 aliphatic heterocycles. The Morgan fingerprint density at radius 3 is 2.38 bits per heavy atom. The van der Waals surface area contributed by atoms with Gasteiger partial charge in [0.1, 0.15) is 4.21 Å². The third-order valence-corrected chi connectivity index (χ3v) is 6.68. The summed E-state index contributed by atoms with van der Waals surface area (Å²) in [4.78, 5) is 0. The second-order valence-electron chi connectivity index (χ2n) is 3.84. The average Bonchev–Trinajstić information content (AvgIpc) is 2.69. The monoisotopic (exact) mass is 419 g/mol. The van der Waals surface area contributed by atoms with E-state index in [1.54, 1.807) is 0 Å². The van der Waals surface area contributed by atoms with Gasteiger partial charge in [0.15, 0.2) is 0 Å². The average molecular weight is 421 g/mol. The van der Waals surface area contributed by atoms with Gasteiger partial charge in [0.25, 0.3) is 10.0 Å². The molecule has 0 aliphatic carbocycles. The van der Waals surface area contributed by atoms with Crippen molar-refractivity contribution in [2.45, 2.75) is 10.4 Å². The van der Waals surface area contributed by atoms with E-state index in [1.165, 1.54) is 12.1 Å². The van der Waals surface area contributed by atoms with E-state index in [0.717, 1.165) is 29.5 Å². The van der Waals surface area contributed by atoms with Gasteiger partial charge in [-0.05, 0) is 34.1 Å². The van der Waals surface area contributed by atoms with E-state index in [2.05, 4.69) is 15.9 Å². The lowest BCUT2D eigenvalue weighted by atomic mass is 10.2. The number of halogens is 5. The molecule has 0 aliphatic rings. The number of hydrogen-bond acceptors (Lipinski definition) is 3. The number of alkyl halides is 3. The Hall–Kier alpha value is -0.770. The molecule has 0 spiro atoms. The van der Waals surface area contributed by atoms with Crippen LogP contribution in [0.25, 0.3) is 0 Å². The summed E-state index contributed by atoms with van der Waals surface area (Å²) in [7, 11) is -4.14. The van der Waals surface area contributed by atoms with Crippen LogP contribution in [0.2, 0.25) is 5.02 Å². The van der Waals surface area contributed by atoms with Gasteiger partial charge in [-0.25, -0.2) is 8.42 Å². The van der Waals surface area contributed by atoms with E-state index in [0.29, 0.717) is 3.79 Å². The molecule has 0 fully saturated rings. The number of benzene rings is 1. The highest BCUT2D eigenvalue weighted by Crippen LogP contribution is 2.38. The first-order valence-corrected chi connectivity index (χ1v) is 8.72. The van der Waals surface area contributed by atoms with Crippen molar-refractivity contribution in [3.63, 3.8) is 0 Å². The lowest BCUT2D eigenvalue weighted by Gasteiger charge is -2.13. The van der Waals surface area contributed by atoms with Gasteiger partial charge >= 0.3 is 6.18 Å². The SMILES string of the molecule is O=S(=O)(Nc1ccccc1C(F)(F)F)c1cc(Cl)c(Br)s1. The first-order chi connectivity index (χ1) is 9.61. The van der Waals surface area contributed by atoms with Crippen LogP contribution in [-0.4, -0.2) is 8.42 Å². The molecule has 0 unspecified atom stereocenters. The molecule has 1 N–H and O–H groups in total. The Balaban J connectivity index is 2.42. The van der Waals surface area contributed by atoms with Gasteiger partial charge < -0.3 is 0 Å². The van der Waals surface area contributed by atoms with Crippen molar-refractivity contribution in [3.8, 4) is 0 Å². The Kier molecular flexibility index (Phi) is 4.57. The van der Waals surface area contributed by atoms with E-state index in [4.69, 9.17) is 11.6 Å². The van der Waals surface area contributed by atoms with Crippen LogP contribution < -0.4 is 4.72 Å². The van der Waals surface area contributed by atoms with Gasteiger partial charge in [0, 0.05) is 0 Å². The van der Waals surface area contributed by atoms with Crippen LogP contribution in [0.5, 0.6) is 0 Å². The molecule has 2 aromatic rings. The summed E-state index contributed by atoms with van der Waals surface area (Å²) in [6.45, 7) is 0. The van der Waals surface area contributed by atoms with Crippen molar-refractivity contribution in [1.29, 1.82) is 0 Å². The third-order valence-electron chi connectivity index (χ3n) is 2.36. The van der Waals surface area contributed by atoms with E-state index in [1.807, 2.05) is 4.72 Å². The molecule has 1 aromatic carbocycles. The fourth-order valence-corrected chi connectivity index (χ4v) is 4.95. The first kappa shape index (κ1) is 16.6. The molecule has 0 saturated heterocycles. The second-order valence-corrected chi connectivity index (χ2v) is 8.52. The summed E-state index contributed by atoms with van der Waals surface area (Å²) in [6, 6.07) is 5.50. The third kappa shape index (κ3) is 3.71. The normalized spacial score (nSPS) is 12.4. The van der Waals surface area contributed by atoms with Crippen molar-refractivity contribution in [2.24, 2.45) is 0 Å². The van der Waals surface area contributed by atoms with E-state index >= 15 is 0 Å². The number of rotatable bonds is 3. The standard InChI is InChI=1S/C11H6BrClF3NO2S2/c12-10-7(13)5-9(20-10)21(18,19)17-8-4-2-1-3-6(8)11(14,15)16/h1-5,17H. The maximum atomic E-state index is 12.8. The molecule has 114 valence electrons. The van der Waals surface area contributed by atoms with Crippen molar-refractivity contribution in [2.75, 3.05) is 4.72 Å². The number of thiophene rings is 1. The molecular formula is C11H6BrClF3NO2S2. The number of para-hydroxylation sites is 1. The van der Waals surface area contributed by atoms with Crippen LogP contribution in [0, 0.1) is 0 Å². The summed E-state index contributed by atoms with van der Waals surface area (Å²) < 4.78 is 64.8. The molecule has 2 rings (SSSR count). The van der Waals surface area contributed by atoms with Crippen molar-refractivity contribution >= 4 is 54.6 Å². The molecule has 1 aromatic heterocycles. The molecule has 10 heteroatoms. The predicted octanol–water partition coefficient (Wildman–Crippen LogP) is 4.98. The van der Waals surface area contributed by atoms with E-state index < -0.39 is 27.5 Å². The van der Waals surface area contributed by atoms with Crippen LogP contribution in [0.15, 0.2) is 38.3 Å². The number of sulfonamides is 1. The first-order valence-electron chi connectivity index (χ1n) is 5.25. The van der Waals surface area contributed by atoms with Gasteiger partial charge in [-0.1, -0.05) is 23.7 Å². The van der Waals surface area contributed by atoms with Crippen LogP contribution in [0.4, 0.5) is 18.9 Å². The molecule has 1 heterocycles. The highest BCUT2D eigenvalue weighted by Gasteiger charge is 2.34. The highest BCUT2D eigenvalue weighted by molar-refractivity contribution is 9.11. The predicted molar refractivity (Wildman–Crippen MR) is 79.3 cm³/mol. The number of nitrogens with one attached hydrogen (secondary N) is 1. The minimum Gasteiger partial charge on any atom is -0.278 e. The van der Waals surface area contributed by atoms with Gasteiger partial charge in [-0.3, -0.25) is 4.72 Å². The summed E-state index contributed by atoms with van der Waals surface area (Å²) in [5, 5.41) is 0.171. The Labute approximate surface area is 135 Å². The maximum absolute atomic E-state index is 12.8. The summed E-state index contributed by atoms with van der Waals surface area (Å²) in [5.74, 6) is 0. The van der Waals surface area contributed by atoms with E-state index in [9.17, 15) is 21.6 Å². The zero-order valence-electron chi connectivity index (χ0n) is 9.91. The molecule has 0 atom stereocenters. The summed E-state index contributed by atoms with van der Waals surface area (Å²) in [5.41, 5.74) is -1.60. The lowest BCUT2D eigenvalue weighted by molar-refractivity contribution is -0.136.